The van der Waals surface area contributed by atoms with Crippen molar-refractivity contribution < 1.29 is 0 Å². The van der Waals surface area contributed by atoms with Crippen molar-refractivity contribution in [1.82, 2.24) is 9.55 Å². The Balaban J connectivity index is 2.03. The smallest absolute Gasteiger partial charge is 0.144 e. The first-order valence-corrected chi connectivity index (χ1v) is 7.86. The van der Waals surface area contributed by atoms with Gasteiger partial charge >= 0.3 is 0 Å². The van der Waals surface area contributed by atoms with Crippen LogP contribution in [0.3, 0.4) is 0 Å². The molecule has 1 saturated carbocycles. The standard InChI is InChI=1S/C15H14ClN3S/c1-8-6-11(14(17)20-8)15-18-12-5-2-9(16)7-13(12)19(15)10-3-4-10/h2,5-7,10H,3-4,17H2,1H3. The minimum absolute atomic E-state index is 0.535. The van der Waals surface area contributed by atoms with E-state index in [1.54, 1.807) is 11.3 Å². The van der Waals surface area contributed by atoms with Crippen molar-refractivity contribution in [3.8, 4) is 11.4 Å². The van der Waals surface area contributed by atoms with Crippen LogP contribution in [0.1, 0.15) is 23.8 Å². The van der Waals surface area contributed by atoms with Crippen LogP contribution in [0.2, 0.25) is 5.02 Å². The van der Waals surface area contributed by atoms with Crippen LogP contribution in [0.15, 0.2) is 24.3 Å². The Bertz CT molecular complexity index is 814. The summed E-state index contributed by atoms with van der Waals surface area (Å²) in [6.45, 7) is 2.07. The highest BCUT2D eigenvalue weighted by atomic mass is 35.5. The van der Waals surface area contributed by atoms with E-state index in [4.69, 9.17) is 22.3 Å². The van der Waals surface area contributed by atoms with Crippen molar-refractivity contribution in [3.05, 3.63) is 34.2 Å². The largest absolute Gasteiger partial charge is 0.390 e. The van der Waals surface area contributed by atoms with Gasteiger partial charge in [-0.2, -0.15) is 0 Å². The van der Waals surface area contributed by atoms with Crippen LogP contribution in [-0.4, -0.2) is 9.55 Å². The number of aromatic nitrogens is 2. The number of hydrogen-bond acceptors (Lipinski definition) is 3. The molecule has 1 aromatic carbocycles. The molecule has 1 fully saturated rings. The molecule has 2 N–H and O–H groups in total. The lowest BCUT2D eigenvalue weighted by Gasteiger charge is -2.07. The molecule has 0 spiro atoms. The molecule has 20 heavy (non-hydrogen) atoms. The minimum atomic E-state index is 0.535. The summed E-state index contributed by atoms with van der Waals surface area (Å²) in [7, 11) is 0. The van der Waals surface area contributed by atoms with Gasteiger partial charge in [-0.15, -0.1) is 11.3 Å². The average molecular weight is 304 g/mol. The fourth-order valence-corrected chi connectivity index (χ4v) is 3.62. The summed E-state index contributed by atoms with van der Waals surface area (Å²) < 4.78 is 2.30. The number of halogens is 1. The van der Waals surface area contributed by atoms with Gasteiger partial charge in [0.05, 0.1) is 21.6 Å². The minimum Gasteiger partial charge on any atom is -0.390 e. The molecule has 2 heterocycles. The van der Waals surface area contributed by atoms with Crippen molar-refractivity contribution in [2.24, 2.45) is 0 Å². The lowest BCUT2D eigenvalue weighted by molar-refractivity contribution is 0.776. The third-order valence-corrected chi connectivity index (χ3v) is 4.80. The van der Waals surface area contributed by atoms with Crippen LogP contribution in [0.25, 0.3) is 22.4 Å². The highest BCUT2D eigenvalue weighted by molar-refractivity contribution is 7.16. The summed E-state index contributed by atoms with van der Waals surface area (Å²) in [6, 6.07) is 8.53. The number of imidazole rings is 1. The molecule has 4 rings (SSSR count). The maximum Gasteiger partial charge on any atom is 0.144 e. The summed E-state index contributed by atoms with van der Waals surface area (Å²) in [5.74, 6) is 0.978. The van der Waals surface area contributed by atoms with E-state index in [-0.39, 0.29) is 0 Å². The Morgan fingerprint density at radius 3 is 2.80 bits per heavy atom. The molecule has 0 amide bonds. The number of aryl methyl sites for hydroxylation is 1. The highest BCUT2D eigenvalue weighted by Crippen LogP contribution is 2.43. The number of anilines is 1. The number of benzene rings is 1. The van der Waals surface area contributed by atoms with Gasteiger partial charge in [-0.1, -0.05) is 11.6 Å². The van der Waals surface area contributed by atoms with Gasteiger partial charge in [0, 0.05) is 15.9 Å². The Morgan fingerprint density at radius 1 is 1.35 bits per heavy atom. The van der Waals surface area contributed by atoms with Gasteiger partial charge in [-0.3, -0.25) is 0 Å². The zero-order valence-corrected chi connectivity index (χ0v) is 12.6. The first-order chi connectivity index (χ1) is 9.63. The number of nitrogens with two attached hydrogens (primary N) is 1. The normalized spacial score (nSPS) is 15.1. The summed E-state index contributed by atoms with van der Waals surface area (Å²) >= 11 is 7.76. The predicted octanol–water partition coefficient (Wildman–Crippen LogP) is 4.64. The summed E-state index contributed by atoms with van der Waals surface area (Å²) in [5, 5.41) is 1.59. The van der Waals surface area contributed by atoms with Crippen LogP contribution in [-0.2, 0) is 0 Å². The molecule has 102 valence electrons. The summed E-state index contributed by atoms with van der Waals surface area (Å²) in [5.41, 5.74) is 9.30. The van der Waals surface area contributed by atoms with E-state index < -0.39 is 0 Å². The SMILES string of the molecule is Cc1cc(-c2nc3ccc(Cl)cc3n2C2CC2)c(N)s1. The topological polar surface area (TPSA) is 43.8 Å². The maximum absolute atomic E-state index is 6.15. The van der Waals surface area contributed by atoms with E-state index in [1.807, 2.05) is 18.2 Å². The molecule has 0 saturated heterocycles. The van der Waals surface area contributed by atoms with E-state index in [1.165, 1.54) is 17.7 Å². The van der Waals surface area contributed by atoms with Crippen LogP contribution in [0, 0.1) is 6.92 Å². The molecule has 0 unspecified atom stereocenters. The van der Waals surface area contributed by atoms with E-state index >= 15 is 0 Å². The molecule has 0 bridgehead atoms. The van der Waals surface area contributed by atoms with Crippen molar-refractivity contribution in [1.29, 1.82) is 0 Å². The molecule has 3 nitrogen and oxygen atoms in total. The Morgan fingerprint density at radius 2 is 2.15 bits per heavy atom. The van der Waals surface area contributed by atoms with E-state index in [0.29, 0.717) is 6.04 Å². The van der Waals surface area contributed by atoms with Gasteiger partial charge in [0.15, 0.2) is 0 Å². The quantitative estimate of drug-likeness (QED) is 0.749. The zero-order chi connectivity index (χ0) is 13.9. The van der Waals surface area contributed by atoms with Gasteiger partial charge in [0.1, 0.15) is 5.82 Å². The van der Waals surface area contributed by atoms with E-state index in [9.17, 15) is 0 Å². The van der Waals surface area contributed by atoms with Crippen molar-refractivity contribution in [3.63, 3.8) is 0 Å². The van der Waals surface area contributed by atoms with Crippen LogP contribution in [0.4, 0.5) is 5.00 Å². The third-order valence-electron chi connectivity index (χ3n) is 3.69. The van der Waals surface area contributed by atoms with E-state index in [2.05, 4.69) is 17.6 Å². The molecular formula is C15H14ClN3S. The van der Waals surface area contributed by atoms with Crippen molar-refractivity contribution in [2.45, 2.75) is 25.8 Å². The second-order valence-corrected chi connectivity index (χ2v) is 7.03. The molecule has 2 aromatic heterocycles. The first-order valence-electron chi connectivity index (χ1n) is 6.67. The summed E-state index contributed by atoms with van der Waals surface area (Å²) in [6.07, 6.45) is 2.40. The number of hydrogen-bond donors (Lipinski definition) is 1. The zero-order valence-electron chi connectivity index (χ0n) is 11.1. The Hall–Kier alpha value is -1.52. The van der Waals surface area contributed by atoms with Crippen molar-refractivity contribution in [2.75, 3.05) is 5.73 Å². The average Bonchev–Trinajstić information content (AvgIpc) is 3.08. The van der Waals surface area contributed by atoms with Gasteiger partial charge in [-0.05, 0) is 44.0 Å². The molecule has 1 aliphatic rings. The number of rotatable bonds is 2. The second-order valence-electron chi connectivity index (χ2n) is 5.30. The fraction of sp³-hybridized carbons (Fsp3) is 0.267. The van der Waals surface area contributed by atoms with E-state index in [0.717, 1.165) is 32.4 Å². The lowest BCUT2D eigenvalue weighted by Crippen LogP contribution is -1.98. The van der Waals surface area contributed by atoms with Crippen LogP contribution < -0.4 is 5.73 Å². The van der Waals surface area contributed by atoms with Crippen LogP contribution >= 0.6 is 22.9 Å². The van der Waals surface area contributed by atoms with Gasteiger partial charge in [0.2, 0.25) is 0 Å². The Labute approximate surface area is 126 Å². The monoisotopic (exact) mass is 303 g/mol. The molecule has 3 aromatic rings. The molecule has 0 atom stereocenters. The van der Waals surface area contributed by atoms with Gasteiger partial charge < -0.3 is 10.3 Å². The van der Waals surface area contributed by atoms with Crippen molar-refractivity contribution >= 4 is 39.0 Å². The predicted molar refractivity (Wildman–Crippen MR) is 85.5 cm³/mol. The maximum atomic E-state index is 6.15. The highest BCUT2D eigenvalue weighted by Gasteiger charge is 2.29. The number of thiophene rings is 1. The second kappa shape index (κ2) is 4.24. The molecule has 0 radical (unpaired) electrons. The Kier molecular flexibility index (Phi) is 2.59. The molecular weight excluding hydrogens is 290 g/mol. The molecule has 1 aliphatic carbocycles. The fourth-order valence-electron chi connectivity index (χ4n) is 2.67. The lowest BCUT2D eigenvalue weighted by atomic mass is 10.2. The summed E-state index contributed by atoms with van der Waals surface area (Å²) in [4.78, 5) is 6.00. The van der Waals surface area contributed by atoms with Gasteiger partial charge in [0.25, 0.3) is 0 Å². The number of nitrogen functional groups attached to an aromatic ring is 1. The van der Waals surface area contributed by atoms with Gasteiger partial charge in [-0.25, -0.2) is 4.98 Å². The molecule has 0 aliphatic heterocycles. The molecule has 5 heteroatoms. The third kappa shape index (κ3) is 1.83. The number of fused-ring (bicyclic) bond motifs is 1. The first kappa shape index (κ1) is 12.2. The number of nitrogens with zero attached hydrogens (tertiary/aromatic N) is 2. The van der Waals surface area contributed by atoms with Crippen LogP contribution in [0.5, 0.6) is 0 Å².